The van der Waals surface area contributed by atoms with E-state index in [-0.39, 0.29) is 67.7 Å². The summed E-state index contributed by atoms with van der Waals surface area (Å²) in [7, 11) is 2.99. The first-order chi connectivity index (χ1) is 33.6. The van der Waals surface area contributed by atoms with Gasteiger partial charge in [0.2, 0.25) is 6.79 Å². The fourth-order valence-electron chi connectivity index (χ4n) is 11.9. The van der Waals surface area contributed by atoms with E-state index in [9.17, 15) is 24.8 Å². The number of ether oxygens (including phenoxy) is 7. The van der Waals surface area contributed by atoms with Gasteiger partial charge in [-0.3, -0.25) is 19.8 Å². The molecule has 3 fully saturated rings. The third kappa shape index (κ3) is 8.49. The van der Waals surface area contributed by atoms with E-state index in [1.165, 1.54) is 21.1 Å². The standard InChI is InChI=1S/C51H62N6O12S/c1-9-51(32-19-35(63-7)36(17-29(32)14-15-54-51)69-37(59)13-11-10-12-31-18-33-48(70-31)56-50(62)55-33)49(61)65-22-34-40-39(45(68-28(6)58)27(5)46-47(40)67-23-66-46)26(4)42-41(53-21-30(20-52)57(34)42)38-24(2)16-25(3)44(64-8)43(38)60/h16-17,19,26,30-31,33-34,41-42,48,53-54,60H,9-15,18,21-23H2,1-8H3,(H2,55,56,62)/t26-,30+,31+,33?,34+,41+,42?,48?,51-/m1/s1. The van der Waals surface area contributed by atoms with Crippen molar-refractivity contribution in [3.05, 3.63) is 62.7 Å². The summed E-state index contributed by atoms with van der Waals surface area (Å²) in [4.78, 5) is 54.9. The van der Waals surface area contributed by atoms with Crippen LogP contribution in [0.3, 0.4) is 0 Å². The molecule has 0 aliphatic carbocycles. The van der Waals surface area contributed by atoms with Crippen LogP contribution < -0.4 is 49.7 Å². The highest BCUT2D eigenvalue weighted by molar-refractivity contribution is 8.00. The number of piperazine rings is 1. The molecule has 3 saturated heterocycles. The van der Waals surface area contributed by atoms with Crippen LogP contribution in [0.1, 0.15) is 122 Å². The van der Waals surface area contributed by atoms with Crippen molar-refractivity contribution in [1.82, 2.24) is 26.2 Å². The van der Waals surface area contributed by atoms with Crippen LogP contribution in [0.4, 0.5) is 4.79 Å². The summed E-state index contributed by atoms with van der Waals surface area (Å²) in [5.41, 5.74) is 4.02. The molecule has 6 aliphatic heterocycles. The minimum atomic E-state index is -1.34. The molecule has 0 spiro atoms. The number of nitriles is 1. The third-order valence-corrected chi connectivity index (χ3v) is 16.6. The highest BCUT2D eigenvalue weighted by Gasteiger charge is 2.54. The van der Waals surface area contributed by atoms with Crippen LogP contribution in [0, 0.1) is 32.1 Å². The highest BCUT2D eigenvalue weighted by atomic mass is 32.2. The van der Waals surface area contributed by atoms with Crippen molar-refractivity contribution in [3.63, 3.8) is 0 Å². The average molecular weight is 983 g/mol. The van der Waals surface area contributed by atoms with Gasteiger partial charge in [-0.15, -0.1) is 11.8 Å². The topological polar surface area (TPSA) is 228 Å². The Morgan fingerprint density at radius 1 is 0.986 bits per heavy atom. The van der Waals surface area contributed by atoms with Gasteiger partial charge in [0.1, 0.15) is 23.9 Å². The largest absolute Gasteiger partial charge is 0.504 e. The predicted molar refractivity (Wildman–Crippen MR) is 257 cm³/mol. The SMILES string of the molecule is CC[C@@]1(C(=O)OC[C@H]2c3c4c(c(C)c(OC(C)=O)c3[C@@H](C)C3[C@H](c5c(C)cc(C)c(OC)c5O)NC[C@H](C#N)N32)OCO4)NCCc2cc(OC(=O)CCCC[C@H]3CC4NC(=O)NC4S3)c(OC)cc21. The Hall–Kier alpha value is -5.94. The molecule has 3 aromatic carbocycles. The fraction of sp³-hybridized carbons (Fsp3) is 0.549. The molecule has 6 heterocycles. The molecule has 6 aliphatic rings. The number of carbonyl (C=O) groups is 4. The number of hydrogen-bond acceptors (Lipinski definition) is 17. The number of benzene rings is 3. The summed E-state index contributed by atoms with van der Waals surface area (Å²) >= 11 is 1.77. The fourth-order valence-corrected chi connectivity index (χ4v) is 13.5. The smallest absolute Gasteiger partial charge is 0.331 e. The van der Waals surface area contributed by atoms with Gasteiger partial charge < -0.3 is 54.2 Å². The van der Waals surface area contributed by atoms with Crippen molar-refractivity contribution in [2.45, 2.75) is 139 Å². The molecule has 0 radical (unpaired) electrons. The number of hydrogen-bond donors (Lipinski definition) is 5. The van der Waals surface area contributed by atoms with E-state index in [1.54, 1.807) is 30.8 Å². The van der Waals surface area contributed by atoms with Gasteiger partial charge in [-0.1, -0.05) is 26.3 Å². The monoisotopic (exact) mass is 982 g/mol. The van der Waals surface area contributed by atoms with Crippen molar-refractivity contribution in [2.75, 3.05) is 40.7 Å². The number of unbranched alkanes of at least 4 members (excludes halogenated alkanes) is 1. The molecule has 18 nitrogen and oxygen atoms in total. The normalized spacial score (nSPS) is 27.2. The molecule has 19 heteroatoms. The number of methoxy groups -OCH3 is 2. The molecule has 3 unspecified atom stereocenters. The lowest BCUT2D eigenvalue weighted by atomic mass is 9.72. The summed E-state index contributed by atoms with van der Waals surface area (Å²) in [6.45, 7) is 11.1. The molecular weight excluding hydrogens is 921 g/mol. The maximum absolute atomic E-state index is 15.1. The van der Waals surface area contributed by atoms with Crippen LogP contribution in [0.2, 0.25) is 0 Å². The Balaban J connectivity index is 1.02. The summed E-state index contributed by atoms with van der Waals surface area (Å²) < 4.78 is 42.3. The maximum atomic E-state index is 15.1. The molecule has 70 heavy (non-hydrogen) atoms. The summed E-state index contributed by atoms with van der Waals surface area (Å²) in [6.07, 6.45) is 4.37. The molecule has 0 saturated carbocycles. The molecular formula is C51H62N6O12S. The van der Waals surface area contributed by atoms with E-state index >= 15 is 4.79 Å². The van der Waals surface area contributed by atoms with Crippen molar-refractivity contribution in [2.24, 2.45) is 0 Å². The molecule has 5 N–H and O–H groups in total. The number of urea groups is 1. The van der Waals surface area contributed by atoms with E-state index in [2.05, 4.69) is 27.3 Å². The van der Waals surface area contributed by atoms with Gasteiger partial charge >= 0.3 is 23.9 Å². The molecule has 3 aromatic rings. The molecule has 374 valence electrons. The Kier molecular flexibility index (Phi) is 13.8. The van der Waals surface area contributed by atoms with Crippen molar-refractivity contribution >= 4 is 35.7 Å². The lowest BCUT2D eigenvalue weighted by Crippen LogP contribution is -2.63. The minimum absolute atomic E-state index is 0.0240. The van der Waals surface area contributed by atoms with Gasteiger partial charge in [0, 0.05) is 65.9 Å². The van der Waals surface area contributed by atoms with Gasteiger partial charge in [0.05, 0.1) is 43.8 Å². The minimum Gasteiger partial charge on any atom is -0.504 e. The van der Waals surface area contributed by atoms with Crippen LogP contribution >= 0.6 is 11.8 Å². The first-order valence-electron chi connectivity index (χ1n) is 24.1. The second kappa shape index (κ2) is 19.7. The van der Waals surface area contributed by atoms with Crippen LogP contribution in [0.5, 0.6) is 40.2 Å². The number of nitrogens with one attached hydrogen (secondary N) is 4. The summed E-state index contributed by atoms with van der Waals surface area (Å²) in [5.74, 6) is 0.0183. The van der Waals surface area contributed by atoms with Gasteiger partial charge in [-0.05, 0) is 87.3 Å². The number of thioether (sulfide) groups is 1. The number of aromatic hydroxyl groups is 1. The van der Waals surface area contributed by atoms with Crippen LogP contribution in [0.15, 0.2) is 18.2 Å². The molecule has 0 aromatic heterocycles. The zero-order valence-electron chi connectivity index (χ0n) is 40.9. The molecule has 9 atom stereocenters. The number of rotatable bonds is 14. The van der Waals surface area contributed by atoms with Crippen molar-refractivity contribution in [3.8, 4) is 46.3 Å². The quantitative estimate of drug-likeness (QED) is 0.0706. The van der Waals surface area contributed by atoms with Crippen LogP contribution in [-0.2, 0) is 31.1 Å². The van der Waals surface area contributed by atoms with Gasteiger partial charge in [0.25, 0.3) is 0 Å². The number of nitrogens with zero attached hydrogens (tertiary/aromatic N) is 2. The van der Waals surface area contributed by atoms with E-state index in [0.717, 1.165) is 36.0 Å². The summed E-state index contributed by atoms with van der Waals surface area (Å²) in [6, 6.07) is 5.25. The molecule has 2 amide bonds. The lowest BCUT2D eigenvalue weighted by molar-refractivity contribution is -0.156. The zero-order chi connectivity index (χ0) is 49.8. The number of aryl methyl sites for hydroxylation is 2. The summed E-state index contributed by atoms with van der Waals surface area (Å²) in [5, 5.41) is 36.3. The Labute approximate surface area is 411 Å². The predicted octanol–water partition coefficient (Wildman–Crippen LogP) is 6.03. The highest BCUT2D eigenvalue weighted by Crippen LogP contribution is 2.59. The van der Waals surface area contributed by atoms with E-state index in [4.69, 9.17) is 33.2 Å². The van der Waals surface area contributed by atoms with E-state index < -0.39 is 47.6 Å². The van der Waals surface area contributed by atoms with Gasteiger partial charge in [0.15, 0.2) is 34.5 Å². The van der Waals surface area contributed by atoms with Crippen LogP contribution in [-0.4, -0.2) is 103 Å². The zero-order valence-corrected chi connectivity index (χ0v) is 41.7. The first-order valence-corrected chi connectivity index (χ1v) is 25.1. The van der Waals surface area contributed by atoms with Crippen molar-refractivity contribution in [1.29, 1.82) is 5.26 Å². The number of amides is 2. The molecule has 0 bridgehead atoms. The number of fused-ring (bicyclic) bond motifs is 6. The van der Waals surface area contributed by atoms with Gasteiger partial charge in [-0.2, -0.15) is 5.26 Å². The van der Waals surface area contributed by atoms with E-state index in [0.29, 0.717) is 81.2 Å². The number of phenols is 1. The Bertz CT molecular complexity index is 2640. The number of carbonyl (C=O) groups excluding carboxylic acids is 4. The van der Waals surface area contributed by atoms with Crippen molar-refractivity contribution < 1.29 is 57.4 Å². The second-order valence-electron chi connectivity index (χ2n) is 19.1. The maximum Gasteiger partial charge on any atom is 0.331 e. The third-order valence-electron chi connectivity index (χ3n) is 15.0. The average Bonchev–Trinajstić information content (AvgIpc) is 4.06. The second-order valence-corrected chi connectivity index (χ2v) is 20.5. The Morgan fingerprint density at radius 3 is 2.49 bits per heavy atom. The first kappa shape index (κ1) is 49.1. The Morgan fingerprint density at radius 2 is 1.77 bits per heavy atom. The molecule has 9 rings (SSSR count). The van der Waals surface area contributed by atoms with Gasteiger partial charge in [-0.25, -0.2) is 9.59 Å². The van der Waals surface area contributed by atoms with Crippen LogP contribution in [0.25, 0.3) is 0 Å². The number of phenolic OH excluding ortho intramolecular Hbond substituents is 1. The van der Waals surface area contributed by atoms with E-state index in [1.807, 2.05) is 38.7 Å². The number of esters is 3. The lowest BCUT2D eigenvalue weighted by Gasteiger charge is -2.54.